The standard InChI is InChI=1S/C20H23N3O5/c1-12(24)23-17(20(25)27-3)9-14-15(21)10-16(22)19(26-2)18(14)28-11-13-7-5-4-6-8-13/h4-10H,11,21-22H2,1-3H3,(H,23,24)/b17-9+. The monoisotopic (exact) mass is 385 g/mol. The molecule has 0 aliphatic rings. The molecule has 0 aliphatic carbocycles. The van der Waals surface area contributed by atoms with Gasteiger partial charge in [-0.15, -0.1) is 0 Å². The van der Waals surface area contributed by atoms with Crippen LogP contribution < -0.4 is 26.3 Å². The Labute approximate surface area is 163 Å². The Kier molecular flexibility index (Phi) is 6.86. The average Bonchev–Trinajstić information content (AvgIpc) is 2.67. The number of anilines is 2. The predicted octanol–water partition coefficient (Wildman–Crippen LogP) is 2.09. The molecule has 0 fully saturated rings. The van der Waals surface area contributed by atoms with Crippen molar-refractivity contribution in [1.82, 2.24) is 5.32 Å². The molecule has 0 saturated carbocycles. The summed E-state index contributed by atoms with van der Waals surface area (Å²) in [5.41, 5.74) is 13.8. The average molecular weight is 385 g/mol. The van der Waals surface area contributed by atoms with Crippen LogP contribution in [-0.4, -0.2) is 26.1 Å². The molecule has 28 heavy (non-hydrogen) atoms. The first-order valence-corrected chi connectivity index (χ1v) is 8.37. The van der Waals surface area contributed by atoms with Crippen LogP contribution in [0.3, 0.4) is 0 Å². The summed E-state index contributed by atoms with van der Waals surface area (Å²) in [6.07, 6.45) is 1.37. The van der Waals surface area contributed by atoms with E-state index >= 15 is 0 Å². The number of carbonyl (C=O) groups is 2. The summed E-state index contributed by atoms with van der Waals surface area (Å²) in [7, 11) is 2.65. The van der Waals surface area contributed by atoms with Gasteiger partial charge in [0.05, 0.1) is 19.9 Å². The van der Waals surface area contributed by atoms with E-state index in [4.69, 9.17) is 25.7 Å². The third-order valence-electron chi connectivity index (χ3n) is 3.77. The lowest BCUT2D eigenvalue weighted by atomic mass is 10.1. The fraction of sp³-hybridized carbons (Fsp3) is 0.200. The molecule has 0 radical (unpaired) electrons. The highest BCUT2D eigenvalue weighted by Gasteiger charge is 2.20. The molecule has 8 nitrogen and oxygen atoms in total. The minimum Gasteiger partial charge on any atom is -0.491 e. The zero-order valence-corrected chi connectivity index (χ0v) is 15.9. The maximum Gasteiger partial charge on any atom is 0.354 e. The van der Waals surface area contributed by atoms with E-state index in [0.717, 1.165) is 5.56 Å². The van der Waals surface area contributed by atoms with Crippen molar-refractivity contribution >= 4 is 29.3 Å². The van der Waals surface area contributed by atoms with Crippen LogP contribution in [-0.2, 0) is 20.9 Å². The number of benzene rings is 2. The summed E-state index contributed by atoms with van der Waals surface area (Å²) in [4.78, 5) is 23.5. The van der Waals surface area contributed by atoms with Gasteiger partial charge in [-0.2, -0.15) is 0 Å². The van der Waals surface area contributed by atoms with Gasteiger partial charge in [0, 0.05) is 18.2 Å². The Hall–Kier alpha value is -3.68. The number of nitrogens with two attached hydrogens (primary N) is 2. The molecule has 148 valence electrons. The van der Waals surface area contributed by atoms with Crippen molar-refractivity contribution in [3.05, 3.63) is 53.2 Å². The number of hydrogen-bond donors (Lipinski definition) is 3. The second kappa shape index (κ2) is 9.31. The second-order valence-electron chi connectivity index (χ2n) is 5.84. The number of hydrogen-bond acceptors (Lipinski definition) is 7. The molecule has 0 bridgehead atoms. The van der Waals surface area contributed by atoms with Crippen molar-refractivity contribution in [2.24, 2.45) is 0 Å². The molecule has 5 N–H and O–H groups in total. The van der Waals surface area contributed by atoms with Gasteiger partial charge in [0.25, 0.3) is 0 Å². The Morgan fingerprint density at radius 1 is 1.07 bits per heavy atom. The number of carbonyl (C=O) groups excluding carboxylic acids is 2. The van der Waals surface area contributed by atoms with Gasteiger partial charge in [0.1, 0.15) is 12.3 Å². The van der Waals surface area contributed by atoms with Gasteiger partial charge in [-0.1, -0.05) is 30.3 Å². The molecule has 0 atom stereocenters. The number of amides is 1. The minimum atomic E-state index is -0.737. The first kappa shape index (κ1) is 20.6. The van der Waals surface area contributed by atoms with Crippen LogP contribution in [0.5, 0.6) is 11.5 Å². The smallest absolute Gasteiger partial charge is 0.354 e. The van der Waals surface area contributed by atoms with Crippen molar-refractivity contribution in [3.8, 4) is 11.5 Å². The maximum absolute atomic E-state index is 12.0. The van der Waals surface area contributed by atoms with Gasteiger partial charge in [-0.3, -0.25) is 4.79 Å². The van der Waals surface area contributed by atoms with Crippen LogP contribution in [0.2, 0.25) is 0 Å². The molecule has 0 aromatic heterocycles. The minimum absolute atomic E-state index is 0.0990. The number of methoxy groups -OCH3 is 2. The van der Waals surface area contributed by atoms with Gasteiger partial charge < -0.3 is 31.0 Å². The van der Waals surface area contributed by atoms with E-state index in [0.29, 0.717) is 5.56 Å². The van der Waals surface area contributed by atoms with Crippen LogP contribution in [0.4, 0.5) is 11.4 Å². The van der Waals surface area contributed by atoms with Crippen LogP contribution in [0.1, 0.15) is 18.1 Å². The van der Waals surface area contributed by atoms with Gasteiger partial charge in [0.15, 0.2) is 11.5 Å². The Morgan fingerprint density at radius 3 is 2.32 bits per heavy atom. The molecule has 0 saturated heterocycles. The molecule has 0 spiro atoms. The number of rotatable bonds is 7. The summed E-state index contributed by atoms with van der Waals surface area (Å²) in [6.45, 7) is 1.49. The van der Waals surface area contributed by atoms with Crippen molar-refractivity contribution in [2.75, 3.05) is 25.7 Å². The molecule has 0 aliphatic heterocycles. The van der Waals surface area contributed by atoms with Crippen LogP contribution in [0.25, 0.3) is 6.08 Å². The van der Waals surface area contributed by atoms with Crippen LogP contribution in [0.15, 0.2) is 42.1 Å². The number of nitrogen functional groups attached to an aromatic ring is 2. The molecular formula is C20H23N3O5. The predicted molar refractivity (Wildman–Crippen MR) is 106 cm³/mol. The zero-order valence-electron chi connectivity index (χ0n) is 15.9. The summed E-state index contributed by atoms with van der Waals surface area (Å²) < 4.78 is 16.0. The quantitative estimate of drug-likeness (QED) is 0.378. The molecule has 2 aromatic rings. The first-order valence-electron chi connectivity index (χ1n) is 8.37. The van der Waals surface area contributed by atoms with E-state index < -0.39 is 11.9 Å². The van der Waals surface area contributed by atoms with Crippen molar-refractivity contribution in [1.29, 1.82) is 0 Å². The maximum atomic E-state index is 12.0. The highest BCUT2D eigenvalue weighted by atomic mass is 16.5. The van der Waals surface area contributed by atoms with Crippen molar-refractivity contribution in [3.63, 3.8) is 0 Å². The number of ether oxygens (including phenoxy) is 3. The molecule has 2 aromatic carbocycles. The van der Waals surface area contributed by atoms with Gasteiger partial charge in [-0.05, 0) is 17.7 Å². The topological polar surface area (TPSA) is 126 Å². The molecule has 2 rings (SSSR count). The summed E-state index contributed by atoms with van der Waals surface area (Å²) in [6, 6.07) is 11.0. The number of nitrogens with one attached hydrogen (secondary N) is 1. The highest BCUT2D eigenvalue weighted by Crippen LogP contribution is 2.42. The van der Waals surface area contributed by atoms with Crippen molar-refractivity contribution < 1.29 is 23.8 Å². The van der Waals surface area contributed by atoms with E-state index in [1.54, 1.807) is 0 Å². The summed E-state index contributed by atoms with van der Waals surface area (Å²) in [5.74, 6) is -0.664. The number of esters is 1. The zero-order chi connectivity index (χ0) is 20.7. The van der Waals surface area contributed by atoms with E-state index in [9.17, 15) is 9.59 Å². The van der Waals surface area contributed by atoms with Crippen LogP contribution in [0, 0.1) is 0 Å². The van der Waals surface area contributed by atoms with E-state index in [1.807, 2.05) is 30.3 Å². The molecule has 0 unspecified atom stereocenters. The van der Waals surface area contributed by atoms with Crippen molar-refractivity contribution in [2.45, 2.75) is 13.5 Å². The summed E-state index contributed by atoms with van der Waals surface area (Å²) >= 11 is 0. The normalized spacial score (nSPS) is 10.9. The fourth-order valence-corrected chi connectivity index (χ4v) is 2.52. The lowest BCUT2D eigenvalue weighted by Crippen LogP contribution is -2.25. The van der Waals surface area contributed by atoms with Crippen LogP contribution >= 0.6 is 0 Å². The fourth-order valence-electron chi connectivity index (χ4n) is 2.52. The third-order valence-corrected chi connectivity index (χ3v) is 3.77. The SMILES string of the molecule is COC(=O)/C(=C\c1c(N)cc(N)c(OC)c1OCc1ccccc1)NC(C)=O. The molecule has 8 heteroatoms. The first-order chi connectivity index (χ1) is 13.4. The second-order valence-corrected chi connectivity index (χ2v) is 5.84. The Morgan fingerprint density at radius 2 is 1.75 bits per heavy atom. The molecule has 0 heterocycles. The van der Waals surface area contributed by atoms with Gasteiger partial charge in [-0.25, -0.2) is 4.79 Å². The van der Waals surface area contributed by atoms with E-state index in [-0.39, 0.29) is 35.2 Å². The highest BCUT2D eigenvalue weighted by molar-refractivity contribution is 5.99. The van der Waals surface area contributed by atoms with Gasteiger partial charge >= 0.3 is 5.97 Å². The summed E-state index contributed by atoms with van der Waals surface area (Å²) in [5, 5.41) is 2.42. The lowest BCUT2D eigenvalue weighted by molar-refractivity contribution is -0.137. The van der Waals surface area contributed by atoms with E-state index in [2.05, 4.69) is 5.32 Å². The largest absolute Gasteiger partial charge is 0.491 e. The molecular weight excluding hydrogens is 362 g/mol. The van der Waals surface area contributed by atoms with Gasteiger partial charge in [0.2, 0.25) is 5.91 Å². The molecule has 1 amide bonds. The lowest BCUT2D eigenvalue weighted by Gasteiger charge is -2.18. The Bertz CT molecular complexity index is 894. The third kappa shape index (κ3) is 4.94. The van der Waals surface area contributed by atoms with E-state index in [1.165, 1.54) is 33.3 Å². The Balaban J connectivity index is 2.56.